The van der Waals surface area contributed by atoms with Gasteiger partial charge in [-0.05, 0) is 20.0 Å². The van der Waals surface area contributed by atoms with E-state index in [0.717, 1.165) is 19.2 Å². The zero-order valence-corrected chi connectivity index (χ0v) is 15.6. The Morgan fingerprint density at radius 2 is 1.93 bits per heavy atom. The van der Waals surface area contributed by atoms with Crippen LogP contribution in [0.2, 0.25) is 0 Å². The predicted octanol–water partition coefficient (Wildman–Crippen LogP) is 1.11. The molecule has 2 aliphatic heterocycles. The third-order valence-electron chi connectivity index (χ3n) is 5.40. The molecule has 0 unspecified atom stereocenters. The highest BCUT2D eigenvalue weighted by Gasteiger charge is 2.31. The van der Waals surface area contributed by atoms with Crippen LogP contribution < -0.4 is 15.1 Å². The SMILES string of the molecule is C[C@H]1COc2c(N3CCN(C)CC3)c(F)cc3c(=O)c(C(=O)C(=O)O)cn1c23. The molecule has 2 aromatic rings. The van der Waals surface area contributed by atoms with Gasteiger partial charge >= 0.3 is 5.97 Å². The van der Waals surface area contributed by atoms with Gasteiger partial charge in [-0.3, -0.25) is 9.59 Å². The first-order chi connectivity index (χ1) is 13.3. The van der Waals surface area contributed by atoms with Crippen molar-refractivity contribution in [2.24, 2.45) is 0 Å². The zero-order valence-electron chi connectivity index (χ0n) is 15.6. The maximum absolute atomic E-state index is 15.1. The molecule has 0 bridgehead atoms. The Labute approximate surface area is 159 Å². The first-order valence-electron chi connectivity index (χ1n) is 9.05. The largest absolute Gasteiger partial charge is 0.487 e. The average Bonchev–Trinajstić information content (AvgIpc) is 2.66. The summed E-state index contributed by atoms with van der Waals surface area (Å²) in [5.74, 6) is -3.38. The molecule has 1 aromatic heterocycles. The van der Waals surface area contributed by atoms with Gasteiger partial charge in [0.15, 0.2) is 11.6 Å². The monoisotopic (exact) mass is 389 g/mol. The molecule has 0 aliphatic carbocycles. The van der Waals surface area contributed by atoms with Gasteiger partial charge in [-0.15, -0.1) is 0 Å². The Bertz CT molecular complexity index is 1060. The smallest absolute Gasteiger partial charge is 0.377 e. The molecule has 1 N–H and O–H groups in total. The number of aliphatic carboxylic acids is 1. The number of anilines is 1. The van der Waals surface area contributed by atoms with Gasteiger partial charge in [-0.25, -0.2) is 9.18 Å². The maximum Gasteiger partial charge on any atom is 0.377 e. The number of benzene rings is 1. The van der Waals surface area contributed by atoms with Crippen molar-refractivity contribution in [3.05, 3.63) is 33.9 Å². The number of likely N-dealkylation sites (N-methyl/N-ethyl adjacent to an activating group) is 1. The fourth-order valence-corrected chi connectivity index (χ4v) is 3.81. The van der Waals surface area contributed by atoms with Crippen LogP contribution in [0.1, 0.15) is 23.3 Å². The lowest BCUT2D eigenvalue weighted by atomic mass is 10.0. The summed E-state index contributed by atoms with van der Waals surface area (Å²) in [4.78, 5) is 39.9. The lowest BCUT2D eigenvalue weighted by molar-refractivity contribution is -0.131. The van der Waals surface area contributed by atoms with Crippen molar-refractivity contribution in [2.75, 3.05) is 44.7 Å². The van der Waals surface area contributed by atoms with E-state index in [2.05, 4.69) is 4.90 Å². The predicted molar refractivity (Wildman–Crippen MR) is 100 cm³/mol. The van der Waals surface area contributed by atoms with Crippen molar-refractivity contribution >= 4 is 28.3 Å². The Hall–Kier alpha value is -2.94. The molecule has 1 fully saturated rings. The number of carbonyl (C=O) groups excluding carboxylic acids is 1. The summed E-state index contributed by atoms with van der Waals surface area (Å²) < 4.78 is 22.6. The Morgan fingerprint density at radius 3 is 2.57 bits per heavy atom. The number of piperazine rings is 1. The van der Waals surface area contributed by atoms with Crippen molar-refractivity contribution in [3.8, 4) is 5.75 Å². The summed E-state index contributed by atoms with van der Waals surface area (Å²) in [7, 11) is 2.00. The minimum absolute atomic E-state index is 0.0518. The number of carbonyl (C=O) groups is 2. The van der Waals surface area contributed by atoms with E-state index in [1.54, 1.807) is 4.57 Å². The Kier molecular flexibility index (Phi) is 4.34. The van der Waals surface area contributed by atoms with Crippen LogP contribution in [-0.2, 0) is 4.79 Å². The van der Waals surface area contributed by atoms with Gasteiger partial charge in [0, 0.05) is 32.4 Å². The second-order valence-corrected chi connectivity index (χ2v) is 7.30. The minimum Gasteiger partial charge on any atom is -0.487 e. The molecule has 1 saturated heterocycles. The van der Waals surface area contributed by atoms with Crippen molar-refractivity contribution < 1.29 is 23.8 Å². The number of hydrogen-bond acceptors (Lipinski definition) is 6. The number of nitrogens with zero attached hydrogens (tertiary/aromatic N) is 3. The number of pyridine rings is 1. The summed E-state index contributed by atoms with van der Waals surface area (Å²) in [6, 6.07) is 0.840. The third kappa shape index (κ3) is 2.73. The highest BCUT2D eigenvalue weighted by molar-refractivity contribution is 6.40. The van der Waals surface area contributed by atoms with Gasteiger partial charge in [0.05, 0.1) is 22.5 Å². The van der Waals surface area contributed by atoms with Crippen molar-refractivity contribution in [2.45, 2.75) is 13.0 Å². The normalized spacial score (nSPS) is 19.5. The molecular weight excluding hydrogens is 369 g/mol. The number of carboxylic acid groups (broad SMARTS) is 1. The first kappa shape index (κ1) is 18.4. The molecule has 8 nitrogen and oxygen atoms in total. The average molecular weight is 389 g/mol. The number of ether oxygens (including phenoxy) is 1. The van der Waals surface area contributed by atoms with E-state index in [-0.39, 0.29) is 23.8 Å². The molecule has 28 heavy (non-hydrogen) atoms. The van der Waals surface area contributed by atoms with Gasteiger partial charge in [0.25, 0.3) is 5.78 Å². The van der Waals surface area contributed by atoms with E-state index < -0.39 is 28.6 Å². The highest BCUT2D eigenvalue weighted by Crippen LogP contribution is 2.42. The molecule has 0 radical (unpaired) electrons. The lowest BCUT2D eigenvalue weighted by Crippen LogP contribution is -2.45. The molecule has 0 spiro atoms. The highest BCUT2D eigenvalue weighted by atomic mass is 19.1. The number of aromatic nitrogens is 1. The van der Waals surface area contributed by atoms with Crippen LogP contribution in [0.25, 0.3) is 10.9 Å². The third-order valence-corrected chi connectivity index (χ3v) is 5.40. The minimum atomic E-state index is -1.72. The standard InChI is InChI=1S/C19H20FN3O5/c1-10-9-28-18-14-11(16(24)12(8-23(10)14)17(25)19(26)27)7-13(20)15(18)22-5-3-21(2)4-6-22/h7-8,10H,3-6,9H2,1-2H3,(H,26,27)/t10-/m0/s1. The summed E-state index contributed by atoms with van der Waals surface area (Å²) in [5, 5.41) is 8.96. The zero-order chi connectivity index (χ0) is 20.2. The van der Waals surface area contributed by atoms with Gasteiger partial charge in [0.2, 0.25) is 5.43 Å². The number of Topliss-reactive ketones (excluding diaryl/α,β-unsaturated/α-hetero) is 1. The van der Waals surface area contributed by atoms with E-state index in [9.17, 15) is 14.4 Å². The molecule has 0 saturated carbocycles. The van der Waals surface area contributed by atoms with Crippen LogP contribution in [-0.4, -0.2) is 66.2 Å². The molecule has 4 rings (SSSR count). The molecular formula is C19H20FN3O5. The molecule has 2 aliphatic rings. The van der Waals surface area contributed by atoms with Gasteiger partial charge < -0.3 is 24.2 Å². The van der Waals surface area contributed by atoms with Crippen LogP contribution >= 0.6 is 0 Å². The number of ketones is 1. The summed E-state index contributed by atoms with van der Waals surface area (Å²) in [6.45, 7) is 4.81. The molecule has 148 valence electrons. The van der Waals surface area contributed by atoms with Crippen molar-refractivity contribution in [3.63, 3.8) is 0 Å². The van der Waals surface area contributed by atoms with Crippen LogP contribution in [0.5, 0.6) is 5.75 Å². The number of rotatable bonds is 3. The van der Waals surface area contributed by atoms with E-state index in [1.807, 2.05) is 18.9 Å². The molecule has 9 heteroatoms. The summed E-state index contributed by atoms with van der Waals surface area (Å²) >= 11 is 0. The quantitative estimate of drug-likeness (QED) is 0.621. The number of halogens is 1. The van der Waals surface area contributed by atoms with Gasteiger partial charge in [0.1, 0.15) is 12.3 Å². The van der Waals surface area contributed by atoms with E-state index in [1.165, 1.54) is 6.20 Å². The maximum atomic E-state index is 15.1. The van der Waals surface area contributed by atoms with Gasteiger partial charge in [-0.1, -0.05) is 0 Å². The molecule has 1 atom stereocenters. The molecule has 3 heterocycles. The van der Waals surface area contributed by atoms with E-state index in [0.29, 0.717) is 24.3 Å². The Morgan fingerprint density at radius 1 is 1.25 bits per heavy atom. The second-order valence-electron chi connectivity index (χ2n) is 7.30. The van der Waals surface area contributed by atoms with Crippen LogP contribution in [0.15, 0.2) is 17.1 Å². The number of carboxylic acids is 1. The van der Waals surface area contributed by atoms with Crippen LogP contribution in [0.4, 0.5) is 10.1 Å². The summed E-state index contributed by atoms with van der Waals surface area (Å²) in [5.41, 5.74) is -0.591. The lowest BCUT2D eigenvalue weighted by Gasteiger charge is -2.37. The van der Waals surface area contributed by atoms with Crippen molar-refractivity contribution in [1.82, 2.24) is 9.47 Å². The van der Waals surface area contributed by atoms with Crippen LogP contribution in [0, 0.1) is 5.82 Å². The fourth-order valence-electron chi connectivity index (χ4n) is 3.81. The Balaban J connectivity index is 1.99. The van der Waals surface area contributed by atoms with Gasteiger partial charge in [-0.2, -0.15) is 0 Å². The molecule has 0 amide bonds. The first-order valence-corrected chi connectivity index (χ1v) is 9.05. The number of hydrogen-bond donors (Lipinski definition) is 1. The fraction of sp³-hybridized carbons (Fsp3) is 0.421. The second kappa shape index (κ2) is 6.59. The topological polar surface area (TPSA) is 92.1 Å². The van der Waals surface area contributed by atoms with E-state index in [4.69, 9.17) is 9.84 Å². The molecule has 1 aromatic carbocycles. The van der Waals surface area contributed by atoms with E-state index >= 15 is 4.39 Å². The summed E-state index contributed by atoms with van der Waals surface area (Å²) in [6.07, 6.45) is 1.25. The van der Waals surface area contributed by atoms with Crippen LogP contribution in [0.3, 0.4) is 0 Å². The van der Waals surface area contributed by atoms with Crippen molar-refractivity contribution in [1.29, 1.82) is 0 Å².